The van der Waals surface area contributed by atoms with Gasteiger partial charge in [-0.2, -0.15) is 0 Å². The van der Waals surface area contributed by atoms with E-state index in [1.807, 2.05) is 0 Å². The summed E-state index contributed by atoms with van der Waals surface area (Å²) in [6.07, 6.45) is 3.72. The van der Waals surface area contributed by atoms with E-state index in [-0.39, 0.29) is 0 Å². The third-order valence-electron chi connectivity index (χ3n) is 3.76. The first kappa shape index (κ1) is 10.7. The average Bonchev–Trinajstić information content (AvgIpc) is 2.28. The van der Waals surface area contributed by atoms with Crippen LogP contribution in [0.3, 0.4) is 0 Å². The Labute approximate surface area is 92.1 Å². The number of hydrogen-bond acceptors (Lipinski definition) is 1. The Kier molecular flexibility index (Phi) is 3.11. The molecule has 0 spiro atoms. The molecule has 0 aliphatic heterocycles. The molecule has 1 aromatic rings. The van der Waals surface area contributed by atoms with Crippen LogP contribution < -0.4 is 0 Å². The van der Waals surface area contributed by atoms with Gasteiger partial charge in [0, 0.05) is 6.61 Å². The number of rotatable bonds is 2. The van der Waals surface area contributed by atoms with Crippen LogP contribution in [0.5, 0.6) is 0 Å². The number of benzene rings is 1. The van der Waals surface area contributed by atoms with Crippen LogP contribution in [0.4, 0.5) is 0 Å². The second kappa shape index (κ2) is 4.36. The lowest BCUT2D eigenvalue weighted by atomic mass is 9.75. The second-order valence-corrected chi connectivity index (χ2v) is 4.80. The third kappa shape index (κ3) is 1.93. The van der Waals surface area contributed by atoms with E-state index in [9.17, 15) is 5.11 Å². The van der Waals surface area contributed by atoms with Gasteiger partial charge in [-0.1, -0.05) is 25.1 Å². The maximum atomic E-state index is 9.28. The molecule has 0 bridgehead atoms. The van der Waals surface area contributed by atoms with Crippen molar-refractivity contribution in [3.05, 3.63) is 34.9 Å². The SMILES string of the molecule is Cc1cccc2c1CCCC2C(C)CO. The van der Waals surface area contributed by atoms with Gasteiger partial charge >= 0.3 is 0 Å². The predicted molar refractivity (Wildman–Crippen MR) is 63.1 cm³/mol. The van der Waals surface area contributed by atoms with Crippen LogP contribution in [0.25, 0.3) is 0 Å². The van der Waals surface area contributed by atoms with Gasteiger partial charge in [-0.3, -0.25) is 0 Å². The largest absolute Gasteiger partial charge is 0.396 e. The molecule has 0 fully saturated rings. The highest BCUT2D eigenvalue weighted by Gasteiger charge is 2.25. The molecule has 1 N–H and O–H groups in total. The monoisotopic (exact) mass is 204 g/mol. The first-order valence-electron chi connectivity index (χ1n) is 5.93. The predicted octanol–water partition coefficient (Wildman–Crippen LogP) is 3.04. The van der Waals surface area contributed by atoms with Gasteiger partial charge in [0.05, 0.1) is 0 Å². The number of fused-ring (bicyclic) bond motifs is 1. The van der Waals surface area contributed by atoms with Crippen molar-refractivity contribution in [1.82, 2.24) is 0 Å². The molecule has 0 amide bonds. The highest BCUT2D eigenvalue weighted by Crippen LogP contribution is 2.37. The number of hydrogen-bond donors (Lipinski definition) is 1. The Balaban J connectivity index is 2.38. The fourth-order valence-electron chi connectivity index (χ4n) is 2.79. The molecule has 15 heavy (non-hydrogen) atoms. The van der Waals surface area contributed by atoms with Crippen LogP contribution in [0.2, 0.25) is 0 Å². The topological polar surface area (TPSA) is 20.2 Å². The Morgan fingerprint density at radius 3 is 3.00 bits per heavy atom. The van der Waals surface area contributed by atoms with Gasteiger partial charge in [0.25, 0.3) is 0 Å². The van der Waals surface area contributed by atoms with E-state index in [2.05, 4.69) is 32.0 Å². The lowest BCUT2D eigenvalue weighted by molar-refractivity contribution is 0.208. The zero-order chi connectivity index (χ0) is 10.8. The van der Waals surface area contributed by atoms with Crippen molar-refractivity contribution < 1.29 is 5.11 Å². The van der Waals surface area contributed by atoms with Gasteiger partial charge in [0.15, 0.2) is 0 Å². The molecule has 82 valence electrons. The normalized spacial score (nSPS) is 22.2. The van der Waals surface area contributed by atoms with Crippen molar-refractivity contribution in [2.75, 3.05) is 6.61 Å². The van der Waals surface area contributed by atoms with Crippen LogP contribution in [0.1, 0.15) is 42.4 Å². The lowest BCUT2D eigenvalue weighted by Crippen LogP contribution is -2.19. The van der Waals surface area contributed by atoms with Gasteiger partial charge in [0.2, 0.25) is 0 Å². The molecular formula is C14H20O. The third-order valence-corrected chi connectivity index (χ3v) is 3.76. The van der Waals surface area contributed by atoms with Crippen molar-refractivity contribution in [1.29, 1.82) is 0 Å². The van der Waals surface area contributed by atoms with Crippen LogP contribution in [0.15, 0.2) is 18.2 Å². The smallest absolute Gasteiger partial charge is 0.0462 e. The van der Waals surface area contributed by atoms with Crippen molar-refractivity contribution in [2.45, 2.75) is 39.0 Å². The maximum absolute atomic E-state index is 9.28. The van der Waals surface area contributed by atoms with Gasteiger partial charge in [-0.15, -0.1) is 0 Å². The molecule has 0 saturated heterocycles. The van der Waals surface area contributed by atoms with E-state index < -0.39 is 0 Å². The summed E-state index contributed by atoms with van der Waals surface area (Å²) < 4.78 is 0. The molecule has 1 aliphatic rings. The molecule has 2 rings (SSSR count). The summed E-state index contributed by atoms with van der Waals surface area (Å²) in [5, 5.41) is 9.28. The molecule has 1 nitrogen and oxygen atoms in total. The standard InChI is InChI=1S/C14H20O/c1-10-5-3-8-14-12(10)6-4-7-13(14)11(2)9-15/h3,5,8,11,13,15H,4,6-7,9H2,1-2H3. The lowest BCUT2D eigenvalue weighted by Gasteiger charge is -2.30. The van der Waals surface area contributed by atoms with Crippen molar-refractivity contribution in [2.24, 2.45) is 5.92 Å². The maximum Gasteiger partial charge on any atom is 0.0462 e. The van der Waals surface area contributed by atoms with E-state index in [1.54, 1.807) is 0 Å². The van der Waals surface area contributed by atoms with Crippen molar-refractivity contribution in [3.8, 4) is 0 Å². The molecule has 2 atom stereocenters. The van der Waals surface area contributed by atoms with E-state index in [1.165, 1.54) is 36.0 Å². The molecular weight excluding hydrogens is 184 g/mol. The average molecular weight is 204 g/mol. The van der Waals surface area contributed by atoms with Gasteiger partial charge < -0.3 is 5.11 Å². The fraction of sp³-hybridized carbons (Fsp3) is 0.571. The summed E-state index contributed by atoms with van der Waals surface area (Å²) in [4.78, 5) is 0. The quantitative estimate of drug-likeness (QED) is 0.785. The molecule has 0 heterocycles. The Bertz CT molecular complexity index is 343. The van der Waals surface area contributed by atoms with E-state index in [4.69, 9.17) is 0 Å². The minimum absolute atomic E-state index is 0.304. The summed E-state index contributed by atoms with van der Waals surface area (Å²) in [7, 11) is 0. The first-order chi connectivity index (χ1) is 7.24. The van der Waals surface area contributed by atoms with Crippen LogP contribution in [-0.4, -0.2) is 11.7 Å². The summed E-state index contributed by atoms with van der Waals surface area (Å²) in [6.45, 7) is 4.66. The molecule has 1 aromatic carbocycles. The minimum Gasteiger partial charge on any atom is -0.396 e. The van der Waals surface area contributed by atoms with Gasteiger partial charge in [-0.25, -0.2) is 0 Å². The van der Waals surface area contributed by atoms with Crippen LogP contribution in [0, 0.1) is 12.8 Å². The zero-order valence-electron chi connectivity index (χ0n) is 9.66. The summed E-state index contributed by atoms with van der Waals surface area (Å²) in [5.74, 6) is 0.962. The number of aryl methyl sites for hydroxylation is 1. The van der Waals surface area contributed by atoms with Gasteiger partial charge in [0.1, 0.15) is 0 Å². The highest BCUT2D eigenvalue weighted by molar-refractivity contribution is 5.38. The summed E-state index contributed by atoms with van der Waals surface area (Å²) in [6, 6.07) is 6.60. The molecule has 2 unspecified atom stereocenters. The van der Waals surface area contributed by atoms with E-state index >= 15 is 0 Å². The Morgan fingerprint density at radius 2 is 2.27 bits per heavy atom. The van der Waals surface area contributed by atoms with Crippen molar-refractivity contribution in [3.63, 3.8) is 0 Å². The molecule has 0 aromatic heterocycles. The molecule has 0 radical (unpaired) electrons. The Hall–Kier alpha value is -0.820. The van der Waals surface area contributed by atoms with Crippen LogP contribution >= 0.6 is 0 Å². The van der Waals surface area contributed by atoms with Crippen LogP contribution in [-0.2, 0) is 6.42 Å². The number of aliphatic hydroxyl groups is 1. The Morgan fingerprint density at radius 1 is 1.47 bits per heavy atom. The van der Waals surface area contributed by atoms with E-state index in [0.29, 0.717) is 18.4 Å². The fourth-order valence-corrected chi connectivity index (χ4v) is 2.79. The molecule has 1 aliphatic carbocycles. The highest BCUT2D eigenvalue weighted by atomic mass is 16.3. The van der Waals surface area contributed by atoms with Gasteiger partial charge in [-0.05, 0) is 54.7 Å². The summed E-state index contributed by atoms with van der Waals surface area (Å²) >= 11 is 0. The number of aliphatic hydroxyl groups excluding tert-OH is 1. The first-order valence-corrected chi connectivity index (χ1v) is 5.93. The molecule has 1 heteroatoms. The zero-order valence-corrected chi connectivity index (χ0v) is 9.66. The van der Waals surface area contributed by atoms with E-state index in [0.717, 1.165) is 0 Å². The minimum atomic E-state index is 0.304. The molecule has 0 saturated carbocycles. The summed E-state index contributed by atoms with van der Waals surface area (Å²) in [5.41, 5.74) is 4.44. The second-order valence-electron chi connectivity index (χ2n) is 4.80. The van der Waals surface area contributed by atoms with Crippen molar-refractivity contribution >= 4 is 0 Å².